The number of amides is 2. The van der Waals surface area contributed by atoms with E-state index in [0.29, 0.717) is 29.0 Å². The number of aromatic nitrogens is 2. The second-order valence-corrected chi connectivity index (χ2v) is 9.96. The number of fused-ring (bicyclic) bond motifs is 1. The number of hydrogen-bond acceptors (Lipinski definition) is 7. The lowest BCUT2D eigenvalue weighted by atomic mass is 10.1. The van der Waals surface area contributed by atoms with Crippen LogP contribution in [0.4, 0.5) is 27.8 Å². The first kappa shape index (κ1) is 28.9. The second-order valence-electron chi connectivity index (χ2n) is 9.96. The van der Waals surface area contributed by atoms with Gasteiger partial charge in [-0.25, -0.2) is 9.78 Å². The van der Waals surface area contributed by atoms with Gasteiger partial charge >= 0.3 is 6.03 Å². The molecule has 9 heteroatoms. The molecular weight excluding hydrogens is 478 g/mol. The number of nitrogens with two attached hydrogens (primary N) is 1. The van der Waals surface area contributed by atoms with Crippen LogP contribution in [0.3, 0.4) is 0 Å². The van der Waals surface area contributed by atoms with Crippen LogP contribution in [0.2, 0.25) is 0 Å². The number of methoxy groups -OCH3 is 1. The van der Waals surface area contributed by atoms with Gasteiger partial charge in [-0.2, -0.15) is 4.98 Å². The molecule has 3 N–H and O–H groups in total. The molecule has 0 unspecified atom stereocenters. The molecule has 1 aliphatic carbocycles. The van der Waals surface area contributed by atoms with E-state index < -0.39 is 0 Å². The number of rotatable bonds is 10. The van der Waals surface area contributed by atoms with E-state index in [2.05, 4.69) is 51.7 Å². The zero-order chi connectivity index (χ0) is 27.9. The molecule has 1 fully saturated rings. The molecule has 3 heterocycles. The van der Waals surface area contributed by atoms with E-state index in [4.69, 9.17) is 10.5 Å². The van der Waals surface area contributed by atoms with Crippen molar-refractivity contribution in [1.29, 1.82) is 0 Å². The largest absolute Gasteiger partial charge is 0.479 e. The first-order valence-electron chi connectivity index (χ1n) is 13.5. The molecule has 0 saturated heterocycles. The quantitative estimate of drug-likeness (QED) is 0.307. The fourth-order valence-corrected chi connectivity index (χ4v) is 4.55. The number of anilines is 4. The monoisotopic (exact) mass is 521 g/mol. The molecular formula is C29H43N7O2. The molecule has 4 rings (SSSR count). The van der Waals surface area contributed by atoms with Crippen molar-refractivity contribution in [3.8, 4) is 5.88 Å². The summed E-state index contributed by atoms with van der Waals surface area (Å²) in [6, 6.07) is 3.51. The molecule has 0 bridgehead atoms. The SMILES string of the molecule is C=C(CC)CCN(CC1(C)CC1)c1ccnc2c1CCN2C(=O)Nc1cc(C=NC)c(N)nc1OC.CC. The minimum Gasteiger partial charge on any atom is -0.479 e. The van der Waals surface area contributed by atoms with Crippen LogP contribution in [0.15, 0.2) is 35.5 Å². The highest BCUT2D eigenvalue weighted by Gasteiger charge is 2.40. The van der Waals surface area contributed by atoms with E-state index in [9.17, 15) is 4.79 Å². The van der Waals surface area contributed by atoms with Crippen molar-refractivity contribution in [2.75, 3.05) is 54.6 Å². The Kier molecular flexibility index (Phi) is 9.72. The minimum absolute atomic E-state index is 0.246. The minimum atomic E-state index is -0.289. The van der Waals surface area contributed by atoms with E-state index in [0.717, 1.165) is 37.9 Å². The van der Waals surface area contributed by atoms with Crippen molar-refractivity contribution in [2.24, 2.45) is 10.4 Å². The number of carbonyl (C=O) groups is 1. The van der Waals surface area contributed by atoms with Gasteiger partial charge in [0.1, 0.15) is 17.3 Å². The highest BCUT2D eigenvalue weighted by atomic mass is 16.5. The Morgan fingerprint density at radius 2 is 2.13 bits per heavy atom. The number of pyridine rings is 2. The van der Waals surface area contributed by atoms with Crippen LogP contribution in [-0.4, -0.2) is 56.0 Å². The summed E-state index contributed by atoms with van der Waals surface area (Å²) in [5, 5.41) is 2.93. The molecule has 0 radical (unpaired) electrons. The Bertz CT molecular complexity index is 1170. The number of aliphatic imine (C=N–C) groups is 1. The predicted molar refractivity (Wildman–Crippen MR) is 158 cm³/mol. The third kappa shape index (κ3) is 6.62. The molecule has 38 heavy (non-hydrogen) atoms. The number of nitrogen functional groups attached to an aromatic ring is 1. The average molecular weight is 522 g/mol. The van der Waals surface area contributed by atoms with Crippen molar-refractivity contribution in [3.63, 3.8) is 0 Å². The highest BCUT2D eigenvalue weighted by molar-refractivity contribution is 6.04. The lowest BCUT2D eigenvalue weighted by Gasteiger charge is -2.30. The van der Waals surface area contributed by atoms with E-state index in [1.165, 1.54) is 31.2 Å². The van der Waals surface area contributed by atoms with Crippen LogP contribution >= 0.6 is 0 Å². The summed E-state index contributed by atoms with van der Waals surface area (Å²) in [5.74, 6) is 1.22. The topological polar surface area (TPSA) is 109 Å². The predicted octanol–water partition coefficient (Wildman–Crippen LogP) is 5.70. The maximum Gasteiger partial charge on any atom is 0.327 e. The molecule has 1 aliphatic heterocycles. The third-order valence-corrected chi connectivity index (χ3v) is 7.10. The number of urea groups is 1. The Labute approximate surface area is 227 Å². The summed E-state index contributed by atoms with van der Waals surface area (Å²) in [6.45, 7) is 15.2. The van der Waals surface area contributed by atoms with Gasteiger partial charge in [0.05, 0.1) is 7.11 Å². The molecule has 2 aromatic heterocycles. The summed E-state index contributed by atoms with van der Waals surface area (Å²) in [6.07, 6.45) is 8.60. The van der Waals surface area contributed by atoms with Crippen molar-refractivity contribution in [3.05, 3.63) is 41.6 Å². The normalized spacial score (nSPS) is 14.9. The third-order valence-electron chi connectivity index (χ3n) is 7.10. The molecule has 9 nitrogen and oxygen atoms in total. The average Bonchev–Trinajstić information content (AvgIpc) is 3.49. The van der Waals surface area contributed by atoms with Crippen LogP contribution in [0.5, 0.6) is 5.88 Å². The van der Waals surface area contributed by atoms with Crippen LogP contribution in [-0.2, 0) is 6.42 Å². The van der Waals surface area contributed by atoms with Gasteiger partial charge in [0.15, 0.2) is 0 Å². The molecule has 1 saturated carbocycles. The van der Waals surface area contributed by atoms with Crippen LogP contribution in [0, 0.1) is 5.41 Å². The molecule has 0 aromatic carbocycles. The van der Waals surface area contributed by atoms with Gasteiger partial charge in [-0.3, -0.25) is 9.89 Å². The van der Waals surface area contributed by atoms with Crippen LogP contribution < -0.4 is 25.6 Å². The van der Waals surface area contributed by atoms with Gasteiger partial charge in [-0.05, 0) is 49.7 Å². The van der Waals surface area contributed by atoms with Crippen molar-refractivity contribution >= 4 is 35.3 Å². The summed E-state index contributed by atoms with van der Waals surface area (Å²) < 4.78 is 5.35. The van der Waals surface area contributed by atoms with Gasteiger partial charge in [0.2, 0.25) is 5.88 Å². The lowest BCUT2D eigenvalue weighted by molar-refractivity contribution is 0.257. The van der Waals surface area contributed by atoms with Crippen molar-refractivity contribution < 1.29 is 9.53 Å². The molecule has 2 aliphatic rings. The van der Waals surface area contributed by atoms with E-state index in [1.807, 2.05) is 13.8 Å². The maximum atomic E-state index is 13.4. The van der Waals surface area contributed by atoms with Crippen LogP contribution in [0.1, 0.15) is 64.5 Å². The van der Waals surface area contributed by atoms with Gasteiger partial charge in [0.25, 0.3) is 0 Å². The Morgan fingerprint density at radius 1 is 1.39 bits per heavy atom. The fourth-order valence-electron chi connectivity index (χ4n) is 4.55. The van der Waals surface area contributed by atoms with Gasteiger partial charge < -0.3 is 20.7 Å². The molecule has 206 valence electrons. The number of nitrogens with zero attached hydrogens (tertiary/aromatic N) is 5. The summed E-state index contributed by atoms with van der Waals surface area (Å²) in [4.78, 5) is 30.4. The van der Waals surface area contributed by atoms with E-state index >= 15 is 0 Å². The Balaban J connectivity index is 0.00000195. The smallest absolute Gasteiger partial charge is 0.327 e. The maximum absolute atomic E-state index is 13.4. The van der Waals surface area contributed by atoms with Gasteiger partial charge in [-0.1, -0.05) is 39.8 Å². The lowest BCUT2D eigenvalue weighted by Crippen LogP contribution is -2.34. The number of ether oxygens (including phenoxy) is 1. The first-order chi connectivity index (χ1) is 18.3. The fraction of sp³-hybridized carbons (Fsp3) is 0.517. The number of hydrogen-bond donors (Lipinski definition) is 2. The first-order valence-corrected chi connectivity index (χ1v) is 13.5. The summed E-state index contributed by atoms with van der Waals surface area (Å²) in [5.41, 5.74) is 10.9. The summed E-state index contributed by atoms with van der Waals surface area (Å²) >= 11 is 0. The number of nitrogens with one attached hydrogen (secondary N) is 1. The van der Waals surface area contributed by atoms with Crippen molar-refractivity contribution in [2.45, 2.75) is 59.8 Å². The Hall–Kier alpha value is -3.62. The van der Waals surface area contributed by atoms with Crippen molar-refractivity contribution in [1.82, 2.24) is 9.97 Å². The zero-order valence-corrected chi connectivity index (χ0v) is 23.8. The highest BCUT2D eigenvalue weighted by Crippen LogP contribution is 2.47. The van der Waals surface area contributed by atoms with Gasteiger partial charge in [0, 0.05) is 55.9 Å². The number of carbonyl (C=O) groups excluding carboxylic acids is 1. The van der Waals surface area contributed by atoms with E-state index in [-0.39, 0.29) is 17.7 Å². The van der Waals surface area contributed by atoms with Gasteiger partial charge in [-0.15, -0.1) is 0 Å². The van der Waals surface area contributed by atoms with E-state index in [1.54, 1.807) is 30.4 Å². The standard InChI is InChI=1S/C27H37N7O2.C2H6/c1-6-18(2)8-13-33(17-27(3)10-11-27)22-7-12-30-24-20(22)9-14-34(24)26(35)31-21-15-19(16-29-4)23(28)32-25(21)36-5;1-2/h7,12,15-16H,2,6,8-11,13-14,17H2,1,3-5H3,(H2,28,32)(H,31,35);1-2H3. The molecule has 2 amide bonds. The zero-order valence-electron chi connectivity index (χ0n) is 23.8. The molecule has 0 spiro atoms. The Morgan fingerprint density at radius 3 is 2.76 bits per heavy atom. The second kappa shape index (κ2) is 12.8. The van der Waals surface area contributed by atoms with Crippen LogP contribution in [0.25, 0.3) is 0 Å². The summed E-state index contributed by atoms with van der Waals surface area (Å²) in [7, 11) is 3.14. The molecule has 2 aromatic rings. The molecule has 0 atom stereocenters.